The number of esters is 1. The standard InChI is InChI=1S/C32H42O9/c1-15(11-18(34)12-16(2)28(39)40)19-13-23(37)32(8)24-20(35)14-21-29(4,5)22(36)9-10-30(21,6)25(24)26(38)27(31(19,32)7)41-17(3)33/h16,21-22,27,36H,9-14H2,1-8H3,(H,39,40). The van der Waals surface area contributed by atoms with E-state index >= 15 is 0 Å². The van der Waals surface area contributed by atoms with Gasteiger partial charge in [0.1, 0.15) is 11.6 Å². The number of carboxylic acids is 1. The van der Waals surface area contributed by atoms with Crippen molar-refractivity contribution in [1.29, 1.82) is 0 Å². The van der Waals surface area contributed by atoms with Crippen LogP contribution in [0.5, 0.6) is 0 Å². The van der Waals surface area contributed by atoms with Crippen LogP contribution in [0.15, 0.2) is 22.3 Å². The Bertz CT molecular complexity index is 1330. The highest BCUT2D eigenvalue weighted by Gasteiger charge is 2.73. The zero-order valence-corrected chi connectivity index (χ0v) is 25.3. The molecule has 0 heterocycles. The summed E-state index contributed by atoms with van der Waals surface area (Å²) in [7, 11) is 0. The zero-order chi connectivity index (χ0) is 31.0. The number of aliphatic hydroxyl groups is 1. The molecule has 0 aliphatic heterocycles. The zero-order valence-electron chi connectivity index (χ0n) is 25.3. The van der Waals surface area contributed by atoms with E-state index in [1.54, 1.807) is 20.8 Å². The number of allylic oxidation sites excluding steroid dienone is 2. The third kappa shape index (κ3) is 4.21. The van der Waals surface area contributed by atoms with Crippen LogP contribution in [0.3, 0.4) is 0 Å². The average molecular weight is 571 g/mol. The molecule has 4 rings (SSSR count). The maximum Gasteiger partial charge on any atom is 0.306 e. The summed E-state index contributed by atoms with van der Waals surface area (Å²) in [4.78, 5) is 79.3. The van der Waals surface area contributed by atoms with Crippen LogP contribution in [0.4, 0.5) is 0 Å². The molecule has 9 heteroatoms. The summed E-state index contributed by atoms with van der Waals surface area (Å²) >= 11 is 0. The van der Waals surface area contributed by atoms with E-state index in [2.05, 4.69) is 0 Å². The predicted octanol–water partition coefficient (Wildman–Crippen LogP) is 3.95. The van der Waals surface area contributed by atoms with Gasteiger partial charge in [-0.3, -0.25) is 28.8 Å². The summed E-state index contributed by atoms with van der Waals surface area (Å²) in [6.45, 7) is 13.4. The highest BCUT2D eigenvalue weighted by Crippen LogP contribution is 2.69. The van der Waals surface area contributed by atoms with Crippen LogP contribution in [-0.2, 0) is 33.5 Å². The van der Waals surface area contributed by atoms with Crippen LogP contribution in [0.25, 0.3) is 0 Å². The minimum absolute atomic E-state index is 0.0768. The number of carboxylic acid groups (broad SMARTS) is 1. The van der Waals surface area contributed by atoms with Gasteiger partial charge in [0.25, 0.3) is 0 Å². The van der Waals surface area contributed by atoms with Crippen LogP contribution < -0.4 is 0 Å². The summed E-state index contributed by atoms with van der Waals surface area (Å²) < 4.78 is 5.77. The lowest BCUT2D eigenvalue weighted by Gasteiger charge is -2.60. The molecule has 41 heavy (non-hydrogen) atoms. The van der Waals surface area contributed by atoms with Gasteiger partial charge >= 0.3 is 11.9 Å². The summed E-state index contributed by atoms with van der Waals surface area (Å²) in [6.07, 6.45) is -1.57. The van der Waals surface area contributed by atoms with Gasteiger partial charge in [-0.2, -0.15) is 0 Å². The highest BCUT2D eigenvalue weighted by molar-refractivity contribution is 6.19. The molecule has 0 amide bonds. The number of hydrogen-bond donors (Lipinski definition) is 2. The minimum Gasteiger partial charge on any atom is -0.481 e. The Morgan fingerprint density at radius 1 is 1.02 bits per heavy atom. The van der Waals surface area contributed by atoms with Crippen molar-refractivity contribution in [3.05, 3.63) is 22.3 Å². The van der Waals surface area contributed by atoms with Gasteiger partial charge in [-0.1, -0.05) is 45.8 Å². The number of ketones is 4. The largest absolute Gasteiger partial charge is 0.481 e. The summed E-state index contributed by atoms with van der Waals surface area (Å²) in [5.41, 5.74) is -3.00. The normalized spacial score (nSPS) is 38.1. The number of ether oxygens (including phenoxy) is 1. The lowest BCUT2D eigenvalue weighted by Crippen LogP contribution is -2.64. The smallest absolute Gasteiger partial charge is 0.306 e. The molecule has 0 bridgehead atoms. The van der Waals surface area contributed by atoms with Crippen molar-refractivity contribution in [1.82, 2.24) is 0 Å². The molecule has 2 saturated carbocycles. The van der Waals surface area contributed by atoms with Gasteiger partial charge in [0.05, 0.1) is 22.9 Å². The Labute approximate surface area is 240 Å². The van der Waals surface area contributed by atoms with Crippen LogP contribution in [0.2, 0.25) is 0 Å². The number of aliphatic carboxylic acids is 1. The first-order valence-corrected chi connectivity index (χ1v) is 14.4. The number of Topliss-reactive ketones (excluding diaryl/α,β-unsaturated/α-hetero) is 4. The molecule has 224 valence electrons. The van der Waals surface area contributed by atoms with Gasteiger partial charge in [-0.15, -0.1) is 0 Å². The predicted molar refractivity (Wildman–Crippen MR) is 147 cm³/mol. The van der Waals surface area contributed by atoms with Crippen molar-refractivity contribution >= 4 is 35.1 Å². The van der Waals surface area contributed by atoms with Crippen molar-refractivity contribution in [2.75, 3.05) is 0 Å². The lowest BCUT2D eigenvalue weighted by atomic mass is 9.42. The number of rotatable bonds is 6. The van der Waals surface area contributed by atoms with Crippen LogP contribution in [0, 0.1) is 33.5 Å². The molecule has 0 aromatic heterocycles. The van der Waals surface area contributed by atoms with Gasteiger partial charge in [0.15, 0.2) is 11.9 Å². The number of carbonyl (C=O) groups is 6. The fourth-order valence-electron chi connectivity index (χ4n) is 8.63. The van der Waals surface area contributed by atoms with Gasteiger partial charge in [0.2, 0.25) is 5.78 Å². The molecule has 4 aliphatic rings. The van der Waals surface area contributed by atoms with Crippen molar-refractivity contribution in [3.8, 4) is 0 Å². The SMILES string of the molecule is CC(=O)OC1C(=O)C2=C(C(=O)CC3C2(C)CCC(O)C3(C)C)C2(C)C(=O)CC(=C(C)CC(=O)CC(C)C(=O)O)C12C. The molecule has 2 N–H and O–H groups in total. The number of aliphatic hydroxyl groups excluding tert-OH is 1. The maximum absolute atomic E-state index is 14.6. The molecule has 7 unspecified atom stereocenters. The van der Waals surface area contributed by atoms with Crippen molar-refractivity contribution < 1.29 is 43.7 Å². The first-order chi connectivity index (χ1) is 18.8. The van der Waals surface area contributed by atoms with Crippen molar-refractivity contribution in [2.24, 2.45) is 33.5 Å². The van der Waals surface area contributed by atoms with Crippen LogP contribution in [-0.4, -0.2) is 57.5 Å². The molecule has 0 spiro atoms. The molecule has 0 aromatic rings. The molecular formula is C32H42O9. The van der Waals surface area contributed by atoms with Gasteiger partial charge < -0.3 is 14.9 Å². The fourth-order valence-corrected chi connectivity index (χ4v) is 8.63. The second kappa shape index (κ2) is 9.82. The molecule has 0 saturated heterocycles. The Balaban J connectivity index is 1.95. The van der Waals surface area contributed by atoms with E-state index in [4.69, 9.17) is 4.74 Å². The fraction of sp³-hybridized carbons (Fsp3) is 0.688. The molecular weight excluding hydrogens is 528 g/mol. The monoisotopic (exact) mass is 570 g/mol. The van der Waals surface area contributed by atoms with Gasteiger partial charge in [0, 0.05) is 49.2 Å². The first kappa shape index (κ1) is 31.0. The van der Waals surface area contributed by atoms with E-state index in [0.717, 1.165) is 0 Å². The third-order valence-corrected chi connectivity index (χ3v) is 11.2. The Kier molecular flexibility index (Phi) is 7.42. The summed E-state index contributed by atoms with van der Waals surface area (Å²) in [5, 5.41) is 20.1. The van der Waals surface area contributed by atoms with Gasteiger partial charge in [-0.05, 0) is 38.0 Å². The topological polar surface area (TPSA) is 152 Å². The van der Waals surface area contributed by atoms with E-state index in [-0.39, 0.29) is 60.1 Å². The highest BCUT2D eigenvalue weighted by atomic mass is 16.5. The minimum atomic E-state index is -1.49. The number of fused-ring (bicyclic) bond motifs is 4. The molecule has 4 aliphatic carbocycles. The van der Waals surface area contributed by atoms with E-state index in [9.17, 15) is 39.0 Å². The summed E-state index contributed by atoms with van der Waals surface area (Å²) in [6, 6.07) is 0. The summed E-state index contributed by atoms with van der Waals surface area (Å²) in [5.74, 6) is -4.47. The molecule has 0 aromatic carbocycles. The Morgan fingerprint density at radius 2 is 1.63 bits per heavy atom. The second-order valence-corrected chi connectivity index (χ2v) is 13.9. The molecule has 0 radical (unpaired) electrons. The van der Waals surface area contributed by atoms with E-state index in [1.165, 1.54) is 13.8 Å². The van der Waals surface area contributed by atoms with Crippen LogP contribution >= 0.6 is 0 Å². The second-order valence-electron chi connectivity index (χ2n) is 13.9. The quantitative estimate of drug-likeness (QED) is 0.357. The average Bonchev–Trinajstić information content (AvgIpc) is 3.07. The lowest BCUT2D eigenvalue weighted by molar-refractivity contribution is -0.168. The van der Waals surface area contributed by atoms with Crippen molar-refractivity contribution in [3.63, 3.8) is 0 Å². The molecule has 7 atom stereocenters. The Morgan fingerprint density at radius 3 is 2.20 bits per heavy atom. The van der Waals surface area contributed by atoms with Crippen molar-refractivity contribution in [2.45, 2.75) is 106 Å². The van der Waals surface area contributed by atoms with Crippen LogP contribution in [0.1, 0.15) is 93.9 Å². The third-order valence-electron chi connectivity index (χ3n) is 11.2. The number of hydrogen-bond acceptors (Lipinski definition) is 8. The van der Waals surface area contributed by atoms with Gasteiger partial charge in [-0.25, -0.2) is 0 Å². The molecule has 2 fully saturated rings. The van der Waals surface area contributed by atoms with E-state index in [1.807, 2.05) is 20.8 Å². The maximum atomic E-state index is 14.6. The molecule has 9 nitrogen and oxygen atoms in total. The van der Waals surface area contributed by atoms with E-state index < -0.39 is 57.5 Å². The van der Waals surface area contributed by atoms with E-state index in [0.29, 0.717) is 24.0 Å². The first-order valence-electron chi connectivity index (χ1n) is 14.4. The Hall–Kier alpha value is -2.94. The number of carbonyl (C=O) groups excluding carboxylic acids is 5.